The molecular weight excluding hydrogens is 296 g/mol. The molecule has 4 heteroatoms. The second-order valence-electron chi connectivity index (χ2n) is 6.55. The molecule has 0 aliphatic carbocycles. The first-order valence-corrected chi connectivity index (χ1v) is 9.01. The van der Waals surface area contributed by atoms with E-state index in [-0.39, 0.29) is 0 Å². The number of nitrogens with zero attached hydrogens (tertiary/aromatic N) is 3. The van der Waals surface area contributed by atoms with E-state index in [0.717, 1.165) is 49.1 Å². The predicted octanol–water partition coefficient (Wildman–Crippen LogP) is 5.28. The van der Waals surface area contributed by atoms with Gasteiger partial charge < -0.3 is 10.2 Å². The summed E-state index contributed by atoms with van der Waals surface area (Å²) in [5.41, 5.74) is 3.41. The Balaban J connectivity index is 2.32. The Morgan fingerprint density at radius 1 is 1.04 bits per heavy atom. The van der Waals surface area contributed by atoms with E-state index in [9.17, 15) is 0 Å². The summed E-state index contributed by atoms with van der Waals surface area (Å²) >= 11 is 0. The molecule has 2 aromatic rings. The van der Waals surface area contributed by atoms with Crippen LogP contribution >= 0.6 is 0 Å². The predicted molar refractivity (Wildman–Crippen MR) is 103 cm³/mol. The lowest BCUT2D eigenvalue weighted by Gasteiger charge is -2.22. The summed E-state index contributed by atoms with van der Waals surface area (Å²) in [6, 6.07) is 10.4. The number of rotatable bonds is 8. The Labute approximate surface area is 146 Å². The second-order valence-corrected chi connectivity index (χ2v) is 6.55. The highest BCUT2D eigenvalue weighted by Gasteiger charge is 2.12. The van der Waals surface area contributed by atoms with E-state index in [1.165, 1.54) is 5.56 Å². The number of hydrogen-bond acceptors (Lipinski definition) is 4. The van der Waals surface area contributed by atoms with Gasteiger partial charge in [0, 0.05) is 30.5 Å². The van der Waals surface area contributed by atoms with Gasteiger partial charge in [0.25, 0.3) is 0 Å². The van der Waals surface area contributed by atoms with Crippen LogP contribution in [0.3, 0.4) is 0 Å². The fraction of sp³-hybridized carbons (Fsp3) is 0.500. The topological polar surface area (TPSA) is 41.1 Å². The van der Waals surface area contributed by atoms with Gasteiger partial charge in [-0.15, -0.1) is 0 Å². The maximum Gasteiger partial charge on any atom is 0.227 e. The molecule has 24 heavy (non-hydrogen) atoms. The molecular formula is C20H30N4. The third kappa shape index (κ3) is 4.70. The Kier molecular flexibility index (Phi) is 6.59. The standard InChI is InChI=1S/C20H30N4/c1-6-12-24(13-7-2)20-21-16(5)14-19(23-20)22-18-11-9-8-10-17(18)15(3)4/h8-11,14-15H,6-7,12-13H2,1-5H3,(H,21,22,23). The van der Waals surface area contributed by atoms with E-state index in [1.807, 2.05) is 13.0 Å². The molecule has 0 amide bonds. The first-order chi connectivity index (χ1) is 11.5. The molecule has 0 saturated carbocycles. The highest BCUT2D eigenvalue weighted by atomic mass is 15.3. The molecule has 0 spiro atoms. The molecule has 0 aliphatic heterocycles. The van der Waals surface area contributed by atoms with Crippen molar-refractivity contribution >= 4 is 17.5 Å². The van der Waals surface area contributed by atoms with Crippen LogP contribution in [0.2, 0.25) is 0 Å². The van der Waals surface area contributed by atoms with Crippen LogP contribution in [-0.4, -0.2) is 23.1 Å². The van der Waals surface area contributed by atoms with Crippen LogP contribution in [-0.2, 0) is 0 Å². The van der Waals surface area contributed by atoms with Crippen molar-refractivity contribution in [3.63, 3.8) is 0 Å². The van der Waals surface area contributed by atoms with Crippen molar-refractivity contribution in [2.24, 2.45) is 0 Å². The van der Waals surface area contributed by atoms with E-state index in [0.29, 0.717) is 5.92 Å². The Morgan fingerprint density at radius 2 is 1.71 bits per heavy atom. The SMILES string of the molecule is CCCN(CCC)c1nc(C)cc(Nc2ccccc2C(C)C)n1. The lowest BCUT2D eigenvalue weighted by atomic mass is 10.0. The minimum Gasteiger partial charge on any atom is -0.341 e. The summed E-state index contributed by atoms with van der Waals surface area (Å²) < 4.78 is 0. The number of hydrogen-bond donors (Lipinski definition) is 1. The van der Waals surface area contributed by atoms with E-state index in [1.54, 1.807) is 0 Å². The highest BCUT2D eigenvalue weighted by molar-refractivity contribution is 5.62. The molecule has 0 radical (unpaired) electrons. The van der Waals surface area contributed by atoms with Gasteiger partial charge in [0.15, 0.2) is 0 Å². The minimum atomic E-state index is 0.466. The van der Waals surface area contributed by atoms with Gasteiger partial charge in [0.2, 0.25) is 5.95 Å². The van der Waals surface area contributed by atoms with E-state index >= 15 is 0 Å². The zero-order valence-corrected chi connectivity index (χ0v) is 15.6. The summed E-state index contributed by atoms with van der Waals surface area (Å²) in [6.45, 7) is 12.8. The number of nitrogens with one attached hydrogen (secondary N) is 1. The normalized spacial score (nSPS) is 10.9. The van der Waals surface area contributed by atoms with E-state index in [2.05, 4.69) is 67.2 Å². The van der Waals surface area contributed by atoms with Crippen molar-refractivity contribution < 1.29 is 0 Å². The quantitative estimate of drug-likeness (QED) is 0.716. The van der Waals surface area contributed by atoms with Crippen molar-refractivity contribution in [2.45, 2.75) is 53.4 Å². The van der Waals surface area contributed by atoms with Gasteiger partial charge in [-0.25, -0.2) is 4.98 Å². The Morgan fingerprint density at radius 3 is 2.33 bits per heavy atom. The van der Waals surface area contributed by atoms with Crippen LogP contribution < -0.4 is 10.2 Å². The van der Waals surface area contributed by atoms with Gasteiger partial charge in [-0.3, -0.25) is 0 Å². The fourth-order valence-corrected chi connectivity index (χ4v) is 2.86. The van der Waals surface area contributed by atoms with Gasteiger partial charge in [-0.1, -0.05) is 45.9 Å². The second kappa shape index (κ2) is 8.67. The summed E-state index contributed by atoms with van der Waals surface area (Å²) in [7, 11) is 0. The smallest absolute Gasteiger partial charge is 0.227 e. The van der Waals surface area contributed by atoms with Crippen molar-refractivity contribution in [1.29, 1.82) is 0 Å². The summed E-state index contributed by atoms with van der Waals surface area (Å²) in [5, 5.41) is 3.50. The molecule has 0 atom stereocenters. The molecule has 0 saturated heterocycles. The molecule has 1 aromatic heterocycles. The zero-order valence-electron chi connectivity index (χ0n) is 15.6. The largest absolute Gasteiger partial charge is 0.341 e. The van der Waals surface area contributed by atoms with Gasteiger partial charge in [-0.05, 0) is 37.3 Å². The van der Waals surface area contributed by atoms with E-state index in [4.69, 9.17) is 4.98 Å². The van der Waals surface area contributed by atoms with Crippen LogP contribution in [0, 0.1) is 6.92 Å². The van der Waals surface area contributed by atoms with Gasteiger partial charge in [-0.2, -0.15) is 4.98 Å². The molecule has 4 nitrogen and oxygen atoms in total. The maximum absolute atomic E-state index is 4.77. The van der Waals surface area contributed by atoms with Crippen molar-refractivity contribution in [1.82, 2.24) is 9.97 Å². The van der Waals surface area contributed by atoms with Crippen molar-refractivity contribution in [3.8, 4) is 0 Å². The zero-order chi connectivity index (χ0) is 17.5. The highest BCUT2D eigenvalue weighted by Crippen LogP contribution is 2.27. The van der Waals surface area contributed by atoms with Crippen LogP contribution in [0.4, 0.5) is 17.5 Å². The molecule has 1 aromatic carbocycles. The van der Waals surface area contributed by atoms with Gasteiger partial charge in [0.05, 0.1) is 0 Å². The average molecular weight is 326 g/mol. The number of anilines is 3. The van der Waals surface area contributed by atoms with Crippen LogP contribution in [0.25, 0.3) is 0 Å². The lowest BCUT2D eigenvalue weighted by Crippen LogP contribution is -2.27. The maximum atomic E-state index is 4.77. The third-order valence-corrected chi connectivity index (χ3v) is 3.96. The minimum absolute atomic E-state index is 0.466. The molecule has 2 rings (SSSR count). The molecule has 0 unspecified atom stereocenters. The molecule has 0 bridgehead atoms. The first-order valence-electron chi connectivity index (χ1n) is 9.01. The lowest BCUT2D eigenvalue weighted by molar-refractivity contribution is 0.720. The summed E-state index contributed by atoms with van der Waals surface area (Å²) in [5.74, 6) is 2.15. The first kappa shape index (κ1) is 18.2. The van der Waals surface area contributed by atoms with Gasteiger partial charge >= 0.3 is 0 Å². The Bertz CT molecular complexity index is 646. The summed E-state index contributed by atoms with van der Waals surface area (Å²) in [6.07, 6.45) is 2.19. The number of para-hydroxylation sites is 1. The molecule has 0 aliphatic rings. The van der Waals surface area contributed by atoms with Crippen molar-refractivity contribution in [3.05, 3.63) is 41.6 Å². The molecule has 1 N–H and O–H groups in total. The summed E-state index contributed by atoms with van der Waals surface area (Å²) in [4.78, 5) is 11.7. The number of aromatic nitrogens is 2. The number of aryl methyl sites for hydroxylation is 1. The molecule has 130 valence electrons. The monoisotopic (exact) mass is 326 g/mol. The van der Waals surface area contributed by atoms with E-state index < -0.39 is 0 Å². The Hall–Kier alpha value is -2.10. The van der Waals surface area contributed by atoms with Crippen molar-refractivity contribution in [2.75, 3.05) is 23.3 Å². The van der Waals surface area contributed by atoms with Crippen LogP contribution in [0.1, 0.15) is 57.7 Å². The van der Waals surface area contributed by atoms with Crippen LogP contribution in [0.15, 0.2) is 30.3 Å². The van der Waals surface area contributed by atoms with Crippen LogP contribution in [0.5, 0.6) is 0 Å². The molecule has 1 heterocycles. The third-order valence-electron chi connectivity index (χ3n) is 3.96. The van der Waals surface area contributed by atoms with Gasteiger partial charge in [0.1, 0.15) is 5.82 Å². The number of benzene rings is 1. The fourth-order valence-electron chi connectivity index (χ4n) is 2.86. The molecule has 0 fully saturated rings. The average Bonchev–Trinajstić information content (AvgIpc) is 2.54.